The first-order valence-electron chi connectivity index (χ1n) is 10.1. The number of aromatic nitrogens is 1. The fourth-order valence-electron chi connectivity index (χ4n) is 3.53. The number of H-pyrrole nitrogens is 1. The van der Waals surface area contributed by atoms with E-state index in [0.717, 1.165) is 24.2 Å². The molecular formula is C24H23N3O4. The third-order valence-corrected chi connectivity index (χ3v) is 5.12. The average molecular weight is 417 g/mol. The topological polar surface area (TPSA) is 87.6 Å². The Morgan fingerprint density at radius 3 is 2.77 bits per heavy atom. The van der Waals surface area contributed by atoms with Crippen LogP contribution in [-0.4, -0.2) is 25.0 Å². The van der Waals surface area contributed by atoms with E-state index >= 15 is 0 Å². The van der Waals surface area contributed by atoms with Gasteiger partial charge >= 0.3 is 0 Å². The molecule has 1 atom stereocenters. The number of aromatic amines is 1. The molecule has 0 saturated carbocycles. The lowest BCUT2D eigenvalue weighted by Crippen LogP contribution is -2.23. The normalized spacial score (nSPS) is 15.3. The summed E-state index contributed by atoms with van der Waals surface area (Å²) in [6.07, 6.45) is 3.07. The summed E-state index contributed by atoms with van der Waals surface area (Å²) in [5.74, 6) is 1.16. The second-order valence-corrected chi connectivity index (χ2v) is 7.17. The number of ether oxygens (including phenoxy) is 3. The molecule has 0 aliphatic carbocycles. The molecule has 0 amide bonds. The summed E-state index contributed by atoms with van der Waals surface area (Å²) in [4.78, 5) is 17.0. The van der Waals surface area contributed by atoms with Gasteiger partial charge in [-0.1, -0.05) is 12.1 Å². The molecule has 1 fully saturated rings. The van der Waals surface area contributed by atoms with Crippen molar-refractivity contribution in [1.82, 2.24) is 4.98 Å². The van der Waals surface area contributed by atoms with Gasteiger partial charge in [0.15, 0.2) is 17.8 Å². The smallest absolute Gasteiger partial charge is 0.252 e. The molecule has 1 aliphatic heterocycles. The van der Waals surface area contributed by atoms with E-state index in [-0.39, 0.29) is 11.8 Å². The van der Waals surface area contributed by atoms with E-state index < -0.39 is 0 Å². The van der Waals surface area contributed by atoms with Gasteiger partial charge in [-0.05, 0) is 42.8 Å². The van der Waals surface area contributed by atoms with Crippen LogP contribution in [-0.2, 0) is 11.3 Å². The Morgan fingerprint density at radius 2 is 2.03 bits per heavy atom. The largest absolute Gasteiger partial charge is 0.493 e. The maximum atomic E-state index is 12.3. The number of anilines is 2. The fourth-order valence-corrected chi connectivity index (χ4v) is 3.53. The number of hydrogen-bond donors (Lipinski definition) is 1. The lowest BCUT2D eigenvalue weighted by molar-refractivity contribution is -0.0402. The Balaban J connectivity index is 1.76. The summed E-state index contributed by atoms with van der Waals surface area (Å²) in [5, 5.41) is 9.35. The first kappa shape index (κ1) is 20.5. The first-order chi connectivity index (χ1) is 15.2. The predicted molar refractivity (Wildman–Crippen MR) is 117 cm³/mol. The van der Waals surface area contributed by atoms with E-state index in [9.17, 15) is 10.1 Å². The predicted octanol–water partition coefficient (Wildman–Crippen LogP) is 4.11. The summed E-state index contributed by atoms with van der Waals surface area (Å²) < 4.78 is 17.1. The van der Waals surface area contributed by atoms with Gasteiger partial charge in [0.25, 0.3) is 5.56 Å². The quantitative estimate of drug-likeness (QED) is 0.623. The lowest BCUT2D eigenvalue weighted by atomic mass is 10.1. The van der Waals surface area contributed by atoms with Gasteiger partial charge in [0.05, 0.1) is 31.9 Å². The molecule has 2 aromatic carbocycles. The van der Waals surface area contributed by atoms with E-state index in [1.165, 1.54) is 0 Å². The van der Waals surface area contributed by atoms with Crippen LogP contribution in [0.5, 0.6) is 11.5 Å². The number of hydrogen-bond acceptors (Lipinski definition) is 6. The van der Waals surface area contributed by atoms with Crippen molar-refractivity contribution >= 4 is 11.4 Å². The molecule has 1 saturated heterocycles. The molecule has 4 rings (SSSR count). The number of benzene rings is 2. The van der Waals surface area contributed by atoms with Crippen molar-refractivity contribution in [3.63, 3.8) is 0 Å². The van der Waals surface area contributed by atoms with Crippen molar-refractivity contribution in [2.24, 2.45) is 0 Å². The van der Waals surface area contributed by atoms with Crippen LogP contribution in [0.15, 0.2) is 65.6 Å². The summed E-state index contributed by atoms with van der Waals surface area (Å²) >= 11 is 0. The number of nitriles is 1. The Labute approximate surface area is 180 Å². The van der Waals surface area contributed by atoms with Crippen LogP contribution < -0.4 is 19.9 Å². The molecule has 2 heterocycles. The van der Waals surface area contributed by atoms with Crippen LogP contribution in [0, 0.1) is 11.3 Å². The van der Waals surface area contributed by atoms with Crippen LogP contribution >= 0.6 is 0 Å². The molecule has 0 unspecified atom stereocenters. The minimum atomic E-state index is -0.309. The average Bonchev–Trinajstić information content (AvgIpc) is 3.31. The summed E-state index contributed by atoms with van der Waals surface area (Å²) in [7, 11) is 1.59. The number of methoxy groups -OCH3 is 1. The highest BCUT2D eigenvalue weighted by molar-refractivity contribution is 5.67. The minimum Gasteiger partial charge on any atom is -0.493 e. The van der Waals surface area contributed by atoms with Crippen molar-refractivity contribution in [1.29, 1.82) is 5.26 Å². The third kappa shape index (κ3) is 4.71. The van der Waals surface area contributed by atoms with Crippen molar-refractivity contribution in [3.8, 4) is 17.6 Å². The summed E-state index contributed by atoms with van der Waals surface area (Å²) in [6.45, 7) is 0.993. The standard InChI is InChI=1S/C24H23N3O4/c1-29-21-10-9-20(14-22(21)31-23-8-4-12-30-23)27(16-18-6-3-11-26-24(18)28)19-7-2-5-17(13-19)15-25/h2-3,5-7,9-11,13-14,23H,4,8,12,16H2,1H3,(H,26,28)/t23-/m1/s1. The molecule has 0 radical (unpaired) electrons. The van der Waals surface area contributed by atoms with Crippen LogP contribution in [0.1, 0.15) is 24.0 Å². The maximum absolute atomic E-state index is 12.3. The lowest BCUT2D eigenvalue weighted by Gasteiger charge is -2.26. The van der Waals surface area contributed by atoms with Crippen molar-refractivity contribution in [2.45, 2.75) is 25.7 Å². The zero-order valence-corrected chi connectivity index (χ0v) is 17.2. The minimum absolute atomic E-state index is 0.159. The van der Waals surface area contributed by atoms with Crippen molar-refractivity contribution < 1.29 is 14.2 Å². The fraction of sp³-hybridized carbons (Fsp3) is 0.250. The number of pyridine rings is 1. The van der Waals surface area contributed by atoms with E-state index in [1.54, 1.807) is 37.6 Å². The zero-order valence-electron chi connectivity index (χ0n) is 17.2. The van der Waals surface area contributed by atoms with Crippen LogP contribution in [0.2, 0.25) is 0 Å². The van der Waals surface area contributed by atoms with Gasteiger partial charge < -0.3 is 24.1 Å². The highest BCUT2D eigenvalue weighted by atomic mass is 16.7. The number of nitrogens with zero attached hydrogens (tertiary/aromatic N) is 2. The van der Waals surface area contributed by atoms with Gasteiger partial charge in [0, 0.05) is 35.6 Å². The van der Waals surface area contributed by atoms with E-state index in [1.807, 2.05) is 35.2 Å². The van der Waals surface area contributed by atoms with Gasteiger partial charge in [-0.15, -0.1) is 0 Å². The Kier molecular flexibility index (Phi) is 6.20. The molecule has 1 N–H and O–H groups in total. The van der Waals surface area contributed by atoms with E-state index in [4.69, 9.17) is 14.2 Å². The van der Waals surface area contributed by atoms with Crippen LogP contribution in [0.4, 0.5) is 11.4 Å². The third-order valence-electron chi connectivity index (χ3n) is 5.12. The molecule has 3 aromatic rings. The second-order valence-electron chi connectivity index (χ2n) is 7.17. The highest BCUT2D eigenvalue weighted by Crippen LogP contribution is 2.37. The Bertz CT molecular complexity index is 1150. The van der Waals surface area contributed by atoms with Crippen molar-refractivity contribution in [2.75, 3.05) is 18.6 Å². The molecule has 0 bridgehead atoms. The van der Waals surface area contributed by atoms with Crippen LogP contribution in [0.25, 0.3) is 0 Å². The van der Waals surface area contributed by atoms with Gasteiger partial charge in [-0.2, -0.15) is 5.26 Å². The zero-order chi connectivity index (χ0) is 21.6. The number of rotatable bonds is 7. The van der Waals surface area contributed by atoms with Gasteiger partial charge in [0.1, 0.15) is 0 Å². The van der Waals surface area contributed by atoms with Gasteiger partial charge in [0.2, 0.25) is 0 Å². The second kappa shape index (κ2) is 9.37. The molecule has 7 nitrogen and oxygen atoms in total. The SMILES string of the molecule is COc1ccc(N(Cc2ccc[nH]c2=O)c2cccc(C#N)c2)cc1O[C@@H]1CCCO1. The molecule has 7 heteroatoms. The van der Waals surface area contributed by atoms with Gasteiger partial charge in [-0.3, -0.25) is 4.79 Å². The summed E-state index contributed by atoms with van der Waals surface area (Å²) in [6, 6.07) is 18.6. The molecule has 0 spiro atoms. The van der Waals surface area contributed by atoms with E-state index in [0.29, 0.717) is 35.8 Å². The Hall–Kier alpha value is -3.76. The first-order valence-corrected chi connectivity index (χ1v) is 10.1. The molecule has 158 valence electrons. The molecule has 1 aliphatic rings. The number of nitrogens with one attached hydrogen (secondary N) is 1. The maximum Gasteiger partial charge on any atom is 0.252 e. The molecular weight excluding hydrogens is 394 g/mol. The van der Waals surface area contributed by atoms with Crippen molar-refractivity contribution in [3.05, 3.63) is 82.3 Å². The highest BCUT2D eigenvalue weighted by Gasteiger charge is 2.21. The van der Waals surface area contributed by atoms with Crippen LogP contribution in [0.3, 0.4) is 0 Å². The molecule has 31 heavy (non-hydrogen) atoms. The Morgan fingerprint density at radius 1 is 1.16 bits per heavy atom. The summed E-state index contributed by atoms with van der Waals surface area (Å²) in [5.41, 5.74) is 2.56. The molecule has 1 aromatic heterocycles. The van der Waals surface area contributed by atoms with Gasteiger partial charge in [-0.25, -0.2) is 0 Å². The van der Waals surface area contributed by atoms with E-state index in [2.05, 4.69) is 11.1 Å². The monoisotopic (exact) mass is 417 g/mol.